The lowest BCUT2D eigenvalue weighted by Crippen LogP contribution is -1.97. The monoisotopic (exact) mass is 136 g/mol. The van der Waals surface area contributed by atoms with Crippen LogP contribution in [0.1, 0.15) is 12.5 Å². The summed E-state index contributed by atoms with van der Waals surface area (Å²) in [5.74, 6) is 0. The summed E-state index contributed by atoms with van der Waals surface area (Å²) in [7, 11) is 0. The fourth-order valence-corrected chi connectivity index (χ4v) is 1.03. The van der Waals surface area contributed by atoms with E-state index in [1.165, 1.54) is 0 Å². The molecular formula is C8H12N2. The van der Waals surface area contributed by atoms with E-state index < -0.39 is 0 Å². The second kappa shape index (κ2) is 2.60. The van der Waals surface area contributed by atoms with E-state index in [0.29, 0.717) is 0 Å². The molecule has 0 aliphatic carbocycles. The highest BCUT2D eigenvalue weighted by Gasteiger charge is 1.98. The fraction of sp³-hybridized carbons (Fsp3) is 0.250. The summed E-state index contributed by atoms with van der Waals surface area (Å²) < 4.78 is 0. The van der Waals surface area contributed by atoms with Crippen LogP contribution in [-0.4, -0.2) is 0 Å². The van der Waals surface area contributed by atoms with Gasteiger partial charge in [0.25, 0.3) is 0 Å². The summed E-state index contributed by atoms with van der Waals surface area (Å²) in [5.41, 5.74) is 13.9. The van der Waals surface area contributed by atoms with Crippen molar-refractivity contribution in [3.63, 3.8) is 0 Å². The topological polar surface area (TPSA) is 52.0 Å². The number of nitrogen functional groups attached to an aromatic ring is 2. The van der Waals surface area contributed by atoms with Crippen LogP contribution < -0.4 is 11.5 Å². The minimum Gasteiger partial charge on any atom is -0.398 e. The molecule has 0 amide bonds. The predicted octanol–water partition coefficient (Wildman–Crippen LogP) is 1.41. The molecule has 0 aromatic heterocycles. The van der Waals surface area contributed by atoms with Gasteiger partial charge in [0.1, 0.15) is 0 Å². The maximum absolute atomic E-state index is 5.65. The average Bonchev–Trinajstić information content (AvgIpc) is 1.88. The van der Waals surface area contributed by atoms with Crippen molar-refractivity contribution in [2.45, 2.75) is 13.3 Å². The second-order valence-corrected chi connectivity index (χ2v) is 2.27. The van der Waals surface area contributed by atoms with Gasteiger partial charge in [0.2, 0.25) is 0 Å². The molecule has 0 aliphatic heterocycles. The number of benzene rings is 1. The Kier molecular flexibility index (Phi) is 1.81. The first-order chi connectivity index (χ1) is 4.75. The Morgan fingerprint density at radius 1 is 1.20 bits per heavy atom. The van der Waals surface area contributed by atoms with Gasteiger partial charge in [-0.3, -0.25) is 0 Å². The molecule has 10 heavy (non-hydrogen) atoms. The molecule has 0 bridgehead atoms. The van der Waals surface area contributed by atoms with Crippen LogP contribution in [0.3, 0.4) is 0 Å². The van der Waals surface area contributed by atoms with Crippen LogP contribution in [0.15, 0.2) is 18.2 Å². The van der Waals surface area contributed by atoms with Gasteiger partial charge in [-0.15, -0.1) is 0 Å². The summed E-state index contributed by atoms with van der Waals surface area (Å²) in [6.07, 6.45) is 0.901. The van der Waals surface area contributed by atoms with E-state index in [1.54, 1.807) is 0 Å². The predicted molar refractivity (Wildman–Crippen MR) is 44.6 cm³/mol. The molecule has 2 heteroatoms. The lowest BCUT2D eigenvalue weighted by atomic mass is 10.1. The largest absolute Gasteiger partial charge is 0.398 e. The van der Waals surface area contributed by atoms with Gasteiger partial charge in [-0.1, -0.05) is 13.0 Å². The molecule has 0 unspecified atom stereocenters. The van der Waals surface area contributed by atoms with Crippen molar-refractivity contribution in [2.24, 2.45) is 0 Å². The van der Waals surface area contributed by atoms with Gasteiger partial charge >= 0.3 is 0 Å². The Bertz CT molecular complexity index is 210. The van der Waals surface area contributed by atoms with E-state index in [0.717, 1.165) is 23.4 Å². The molecule has 2 nitrogen and oxygen atoms in total. The van der Waals surface area contributed by atoms with Crippen molar-refractivity contribution in [1.82, 2.24) is 0 Å². The second-order valence-electron chi connectivity index (χ2n) is 2.27. The molecule has 0 radical (unpaired) electrons. The van der Waals surface area contributed by atoms with Gasteiger partial charge in [0, 0.05) is 11.4 Å². The van der Waals surface area contributed by atoms with Crippen LogP contribution in [0.2, 0.25) is 0 Å². The third kappa shape index (κ3) is 1.05. The Hall–Kier alpha value is -1.18. The number of hydrogen-bond acceptors (Lipinski definition) is 2. The Labute approximate surface area is 60.8 Å². The standard InChI is InChI=1S/C8H12N2/c1-2-6-7(9)4-3-5-8(6)10/h3-5H,2,9-10H2,1H3. The molecule has 0 saturated carbocycles. The summed E-state index contributed by atoms with van der Waals surface area (Å²) in [4.78, 5) is 0. The third-order valence-corrected chi connectivity index (χ3v) is 1.60. The van der Waals surface area contributed by atoms with Crippen molar-refractivity contribution in [3.8, 4) is 0 Å². The maximum atomic E-state index is 5.65. The number of hydrogen-bond donors (Lipinski definition) is 2. The molecule has 1 aromatic rings. The number of anilines is 2. The molecule has 0 fully saturated rings. The van der Waals surface area contributed by atoms with E-state index in [4.69, 9.17) is 11.5 Å². The van der Waals surface area contributed by atoms with Gasteiger partial charge in [-0.2, -0.15) is 0 Å². The first kappa shape index (κ1) is 6.93. The van der Waals surface area contributed by atoms with Crippen molar-refractivity contribution < 1.29 is 0 Å². The molecule has 54 valence electrons. The molecule has 1 aromatic carbocycles. The molecule has 0 heterocycles. The molecule has 0 saturated heterocycles. The van der Waals surface area contributed by atoms with Gasteiger partial charge in [-0.25, -0.2) is 0 Å². The Morgan fingerprint density at radius 2 is 1.70 bits per heavy atom. The quantitative estimate of drug-likeness (QED) is 0.573. The van der Waals surface area contributed by atoms with E-state index in [9.17, 15) is 0 Å². The zero-order valence-electron chi connectivity index (χ0n) is 6.09. The normalized spacial score (nSPS) is 9.70. The molecule has 4 N–H and O–H groups in total. The van der Waals surface area contributed by atoms with Crippen LogP contribution in [-0.2, 0) is 6.42 Å². The van der Waals surface area contributed by atoms with Gasteiger partial charge in [0.05, 0.1) is 0 Å². The first-order valence-corrected chi connectivity index (χ1v) is 3.38. The van der Waals surface area contributed by atoms with Gasteiger partial charge in [-0.05, 0) is 24.1 Å². The maximum Gasteiger partial charge on any atom is 0.0367 e. The lowest BCUT2D eigenvalue weighted by molar-refractivity contribution is 1.15. The van der Waals surface area contributed by atoms with E-state index in [1.807, 2.05) is 25.1 Å². The van der Waals surface area contributed by atoms with Crippen molar-refractivity contribution in [2.75, 3.05) is 11.5 Å². The van der Waals surface area contributed by atoms with E-state index in [2.05, 4.69) is 0 Å². The summed E-state index contributed by atoms with van der Waals surface area (Å²) >= 11 is 0. The first-order valence-electron chi connectivity index (χ1n) is 3.38. The zero-order chi connectivity index (χ0) is 7.56. The zero-order valence-corrected chi connectivity index (χ0v) is 6.09. The minimum atomic E-state index is 0.794. The van der Waals surface area contributed by atoms with Crippen LogP contribution in [0.25, 0.3) is 0 Å². The number of nitrogens with two attached hydrogens (primary N) is 2. The van der Waals surface area contributed by atoms with Crippen molar-refractivity contribution in [1.29, 1.82) is 0 Å². The SMILES string of the molecule is CCc1c(N)cccc1N. The Balaban J connectivity index is 3.17. The smallest absolute Gasteiger partial charge is 0.0367 e. The van der Waals surface area contributed by atoms with Crippen LogP contribution in [0.5, 0.6) is 0 Å². The van der Waals surface area contributed by atoms with Crippen molar-refractivity contribution in [3.05, 3.63) is 23.8 Å². The summed E-state index contributed by atoms with van der Waals surface area (Å²) in [6, 6.07) is 5.61. The van der Waals surface area contributed by atoms with Crippen LogP contribution in [0, 0.1) is 0 Å². The fourth-order valence-electron chi connectivity index (χ4n) is 1.03. The highest BCUT2D eigenvalue weighted by Crippen LogP contribution is 2.18. The molecule has 0 atom stereocenters. The van der Waals surface area contributed by atoms with Gasteiger partial charge < -0.3 is 11.5 Å². The highest BCUT2D eigenvalue weighted by molar-refractivity contribution is 5.60. The third-order valence-electron chi connectivity index (χ3n) is 1.60. The lowest BCUT2D eigenvalue weighted by Gasteiger charge is -2.04. The molecule has 0 aliphatic rings. The van der Waals surface area contributed by atoms with E-state index >= 15 is 0 Å². The van der Waals surface area contributed by atoms with E-state index in [-0.39, 0.29) is 0 Å². The molecule has 0 spiro atoms. The van der Waals surface area contributed by atoms with Crippen LogP contribution in [0.4, 0.5) is 11.4 Å². The van der Waals surface area contributed by atoms with Gasteiger partial charge in [0.15, 0.2) is 0 Å². The summed E-state index contributed by atoms with van der Waals surface area (Å²) in [6.45, 7) is 2.04. The van der Waals surface area contributed by atoms with Crippen molar-refractivity contribution >= 4 is 11.4 Å². The van der Waals surface area contributed by atoms with Crippen LogP contribution >= 0.6 is 0 Å². The highest BCUT2D eigenvalue weighted by atomic mass is 14.6. The molecule has 1 rings (SSSR count). The summed E-state index contributed by atoms with van der Waals surface area (Å²) in [5, 5.41) is 0. The Morgan fingerprint density at radius 3 is 2.00 bits per heavy atom. The average molecular weight is 136 g/mol. The molecular weight excluding hydrogens is 124 g/mol. The minimum absolute atomic E-state index is 0.794. The number of rotatable bonds is 1.